The van der Waals surface area contributed by atoms with Crippen LogP contribution < -0.4 is 4.90 Å². The lowest BCUT2D eigenvalue weighted by Crippen LogP contribution is -2.47. The number of nitrogens with zero attached hydrogens (tertiary/aromatic N) is 4. The third-order valence-electron chi connectivity index (χ3n) is 6.75. The molecule has 0 aliphatic carbocycles. The molecule has 0 unspecified atom stereocenters. The number of aromatic nitrogens is 1. The van der Waals surface area contributed by atoms with E-state index in [1.54, 1.807) is 12.1 Å². The van der Waals surface area contributed by atoms with Gasteiger partial charge in [-0.05, 0) is 42.8 Å². The Morgan fingerprint density at radius 1 is 0.853 bits per heavy atom. The quantitative estimate of drug-likeness (QED) is 0.586. The number of fused-ring (bicyclic) bond motifs is 1. The van der Waals surface area contributed by atoms with Crippen LogP contribution in [0.4, 0.5) is 5.69 Å². The van der Waals surface area contributed by atoms with E-state index in [-0.39, 0.29) is 5.91 Å². The molecule has 3 aromatic rings. The van der Waals surface area contributed by atoms with Crippen LogP contribution in [0.25, 0.3) is 6.08 Å². The smallest absolute Gasteiger partial charge is 0.256 e. The third-order valence-corrected chi connectivity index (χ3v) is 6.75. The zero-order chi connectivity index (χ0) is 23.3. The summed E-state index contributed by atoms with van der Waals surface area (Å²) in [5, 5.41) is 9.49. The Bertz CT molecular complexity index is 1130. The van der Waals surface area contributed by atoms with E-state index in [1.807, 2.05) is 41.4 Å². The van der Waals surface area contributed by atoms with Crippen LogP contribution in [0.2, 0.25) is 0 Å². The molecule has 5 rings (SSSR count). The molecule has 0 saturated carbocycles. The Labute approximate surface area is 201 Å². The fourth-order valence-electron chi connectivity index (χ4n) is 4.85. The second-order valence-electron chi connectivity index (χ2n) is 9.14. The van der Waals surface area contributed by atoms with Crippen molar-refractivity contribution in [3.05, 3.63) is 89.8 Å². The molecular formula is C28H32N4O2. The summed E-state index contributed by atoms with van der Waals surface area (Å²) in [5.41, 5.74) is 4.20. The largest absolute Gasteiger partial charge is 0.508 e. The van der Waals surface area contributed by atoms with Gasteiger partial charge in [-0.15, -0.1) is 0 Å². The number of phenolic OH excluding ortho intramolecular Hbond substituents is 1. The van der Waals surface area contributed by atoms with E-state index in [1.165, 1.54) is 5.56 Å². The standard InChI is InChI=1S/C28H32N4O2/c33-26-11-9-25(10-12-26)31-18-16-29(17-19-31)13-5-15-32-14-4-8-24-21-30(22-27(24)28(32)34)20-23-6-2-1-3-7-23/h1-4,6-12,21-22,33H,5,13-20H2. The van der Waals surface area contributed by atoms with Crippen molar-refractivity contribution < 1.29 is 9.90 Å². The van der Waals surface area contributed by atoms with Gasteiger partial charge < -0.3 is 19.5 Å². The molecule has 1 aromatic heterocycles. The van der Waals surface area contributed by atoms with E-state index in [2.05, 4.69) is 44.8 Å². The van der Waals surface area contributed by atoms with E-state index >= 15 is 0 Å². The van der Waals surface area contributed by atoms with Gasteiger partial charge >= 0.3 is 0 Å². The van der Waals surface area contributed by atoms with E-state index in [0.29, 0.717) is 12.3 Å². The Morgan fingerprint density at radius 2 is 1.62 bits per heavy atom. The van der Waals surface area contributed by atoms with Gasteiger partial charge in [-0.1, -0.05) is 42.5 Å². The molecule has 2 aliphatic rings. The molecule has 1 saturated heterocycles. The zero-order valence-electron chi connectivity index (χ0n) is 19.5. The highest BCUT2D eigenvalue weighted by Gasteiger charge is 2.22. The van der Waals surface area contributed by atoms with E-state index in [0.717, 1.165) is 69.0 Å². The molecule has 1 fully saturated rings. The van der Waals surface area contributed by atoms with E-state index in [4.69, 9.17) is 0 Å². The monoisotopic (exact) mass is 456 g/mol. The summed E-state index contributed by atoms with van der Waals surface area (Å²) in [6, 6.07) is 17.8. The molecule has 0 bridgehead atoms. The van der Waals surface area contributed by atoms with Crippen molar-refractivity contribution in [2.45, 2.75) is 13.0 Å². The van der Waals surface area contributed by atoms with E-state index < -0.39 is 0 Å². The summed E-state index contributed by atoms with van der Waals surface area (Å²) in [6.45, 7) is 7.20. The maximum absolute atomic E-state index is 13.2. The van der Waals surface area contributed by atoms with Gasteiger partial charge in [0.05, 0.1) is 5.56 Å². The molecule has 6 heteroatoms. The van der Waals surface area contributed by atoms with Crippen molar-refractivity contribution in [3.63, 3.8) is 0 Å². The van der Waals surface area contributed by atoms with Gasteiger partial charge in [-0.3, -0.25) is 9.69 Å². The first kappa shape index (κ1) is 22.3. The van der Waals surface area contributed by atoms with Gasteiger partial charge in [-0.25, -0.2) is 0 Å². The fourth-order valence-corrected chi connectivity index (χ4v) is 4.85. The maximum Gasteiger partial charge on any atom is 0.256 e. The van der Waals surface area contributed by atoms with Gasteiger partial charge in [0.15, 0.2) is 0 Å². The zero-order valence-corrected chi connectivity index (χ0v) is 19.5. The Kier molecular flexibility index (Phi) is 6.67. The summed E-state index contributed by atoms with van der Waals surface area (Å²) < 4.78 is 2.11. The molecule has 2 aliphatic heterocycles. The molecule has 0 radical (unpaired) electrons. The first-order valence-electron chi connectivity index (χ1n) is 12.1. The van der Waals surface area contributed by atoms with Crippen molar-refractivity contribution >= 4 is 17.7 Å². The number of aromatic hydroxyl groups is 1. The van der Waals surface area contributed by atoms with Crippen LogP contribution in [0.15, 0.2) is 73.1 Å². The predicted octanol–water partition coefficient (Wildman–Crippen LogP) is 3.92. The van der Waals surface area contributed by atoms with Crippen molar-refractivity contribution in [1.29, 1.82) is 0 Å². The number of hydrogen-bond acceptors (Lipinski definition) is 4. The second kappa shape index (κ2) is 10.2. The lowest BCUT2D eigenvalue weighted by Gasteiger charge is -2.36. The Hall–Kier alpha value is -3.51. The highest BCUT2D eigenvalue weighted by atomic mass is 16.3. The minimum Gasteiger partial charge on any atom is -0.508 e. The van der Waals surface area contributed by atoms with Crippen LogP contribution in [-0.4, -0.2) is 71.2 Å². The van der Waals surface area contributed by atoms with E-state index in [9.17, 15) is 9.90 Å². The molecule has 34 heavy (non-hydrogen) atoms. The lowest BCUT2D eigenvalue weighted by atomic mass is 10.2. The Balaban J connectivity index is 1.12. The first-order valence-corrected chi connectivity index (χ1v) is 12.1. The van der Waals surface area contributed by atoms with Crippen molar-refractivity contribution in [2.75, 3.05) is 50.7 Å². The van der Waals surface area contributed by atoms with Crippen LogP contribution >= 0.6 is 0 Å². The summed E-state index contributed by atoms with van der Waals surface area (Å²) in [5.74, 6) is 0.434. The SMILES string of the molecule is O=C1c2cn(Cc3ccccc3)cc2C=CCN1CCCN1CCN(c2ccc(O)cc2)CC1. The number of carbonyl (C=O) groups is 1. The summed E-state index contributed by atoms with van der Waals surface area (Å²) in [4.78, 5) is 20.1. The molecular weight excluding hydrogens is 424 g/mol. The summed E-state index contributed by atoms with van der Waals surface area (Å²) in [6.07, 6.45) is 9.23. The molecule has 0 atom stereocenters. The first-order chi connectivity index (χ1) is 16.7. The molecule has 3 heterocycles. The number of anilines is 1. The highest BCUT2D eigenvalue weighted by Crippen LogP contribution is 2.21. The van der Waals surface area contributed by atoms with Crippen LogP contribution in [0.3, 0.4) is 0 Å². The number of carbonyl (C=O) groups excluding carboxylic acids is 1. The normalized spacial score (nSPS) is 16.5. The van der Waals surface area contributed by atoms with Gasteiger partial charge in [0.25, 0.3) is 5.91 Å². The number of piperazine rings is 1. The van der Waals surface area contributed by atoms with Crippen molar-refractivity contribution in [3.8, 4) is 5.75 Å². The van der Waals surface area contributed by atoms with Gasteiger partial charge in [0.2, 0.25) is 0 Å². The molecule has 1 N–H and O–H groups in total. The van der Waals surface area contributed by atoms with Crippen LogP contribution in [-0.2, 0) is 6.54 Å². The van der Waals surface area contributed by atoms with Crippen LogP contribution in [0.5, 0.6) is 5.75 Å². The van der Waals surface area contributed by atoms with Crippen molar-refractivity contribution in [2.24, 2.45) is 0 Å². The molecule has 2 aromatic carbocycles. The molecule has 6 nitrogen and oxygen atoms in total. The predicted molar refractivity (Wildman–Crippen MR) is 136 cm³/mol. The highest BCUT2D eigenvalue weighted by molar-refractivity contribution is 5.98. The lowest BCUT2D eigenvalue weighted by molar-refractivity contribution is 0.0767. The number of amides is 1. The molecule has 176 valence electrons. The molecule has 1 amide bonds. The summed E-state index contributed by atoms with van der Waals surface area (Å²) in [7, 11) is 0. The average molecular weight is 457 g/mol. The minimum atomic E-state index is 0.129. The van der Waals surface area contributed by atoms with Gasteiger partial charge in [0.1, 0.15) is 5.75 Å². The number of hydrogen-bond donors (Lipinski definition) is 1. The third kappa shape index (κ3) is 5.18. The molecule has 0 spiro atoms. The average Bonchev–Trinajstić information content (AvgIpc) is 3.20. The minimum absolute atomic E-state index is 0.129. The second-order valence-corrected chi connectivity index (χ2v) is 9.14. The topological polar surface area (TPSA) is 52.0 Å². The van der Waals surface area contributed by atoms with Crippen LogP contribution in [0, 0.1) is 0 Å². The maximum atomic E-state index is 13.2. The fraction of sp³-hybridized carbons (Fsp3) is 0.321. The van der Waals surface area contributed by atoms with Crippen molar-refractivity contribution in [1.82, 2.24) is 14.4 Å². The Morgan fingerprint density at radius 3 is 2.38 bits per heavy atom. The summed E-state index contributed by atoms with van der Waals surface area (Å²) >= 11 is 0. The van der Waals surface area contributed by atoms with Gasteiger partial charge in [0, 0.05) is 69.5 Å². The van der Waals surface area contributed by atoms with Gasteiger partial charge in [-0.2, -0.15) is 0 Å². The number of rotatable bonds is 7. The number of phenols is 1. The van der Waals surface area contributed by atoms with Crippen LogP contribution in [0.1, 0.15) is 27.9 Å². The number of benzene rings is 2.